The smallest absolute Gasteiger partial charge is 0.256 e. The highest BCUT2D eigenvalue weighted by Gasteiger charge is 2.30. The van der Waals surface area contributed by atoms with Gasteiger partial charge in [-0.3, -0.25) is 4.79 Å². The molecule has 110 valence electrons. The van der Waals surface area contributed by atoms with Crippen LogP contribution in [-0.2, 0) is 9.53 Å². The summed E-state index contributed by atoms with van der Waals surface area (Å²) in [5, 5.41) is 3.34. The SMILES string of the molecule is CCN(C(=O)C(OC)c1ccccc1)C1CCNCC1. The Morgan fingerprint density at radius 3 is 2.55 bits per heavy atom. The zero-order valence-corrected chi connectivity index (χ0v) is 12.3. The van der Waals surface area contributed by atoms with E-state index < -0.39 is 6.10 Å². The molecule has 0 aliphatic carbocycles. The lowest BCUT2D eigenvalue weighted by Crippen LogP contribution is -2.47. The van der Waals surface area contributed by atoms with E-state index in [1.165, 1.54) is 0 Å². The Morgan fingerprint density at radius 1 is 1.35 bits per heavy atom. The first-order valence-corrected chi connectivity index (χ1v) is 7.36. The van der Waals surface area contributed by atoms with E-state index in [4.69, 9.17) is 4.74 Å². The fourth-order valence-corrected chi connectivity index (χ4v) is 2.87. The maximum Gasteiger partial charge on any atom is 0.256 e. The lowest BCUT2D eigenvalue weighted by Gasteiger charge is -2.35. The fourth-order valence-electron chi connectivity index (χ4n) is 2.87. The number of carbonyl (C=O) groups excluding carboxylic acids is 1. The molecule has 1 atom stereocenters. The summed E-state index contributed by atoms with van der Waals surface area (Å²) in [4.78, 5) is 14.8. The lowest BCUT2D eigenvalue weighted by molar-refractivity contribution is -0.145. The van der Waals surface area contributed by atoms with Crippen LogP contribution in [-0.4, -0.2) is 43.6 Å². The zero-order chi connectivity index (χ0) is 14.4. The second kappa shape index (κ2) is 7.41. The summed E-state index contributed by atoms with van der Waals surface area (Å²) >= 11 is 0. The molecule has 1 aromatic rings. The van der Waals surface area contributed by atoms with Gasteiger partial charge in [-0.05, 0) is 38.4 Å². The quantitative estimate of drug-likeness (QED) is 0.894. The Hall–Kier alpha value is -1.39. The summed E-state index contributed by atoms with van der Waals surface area (Å²) in [5.41, 5.74) is 0.924. The third-order valence-electron chi connectivity index (χ3n) is 3.94. The van der Waals surface area contributed by atoms with Crippen molar-refractivity contribution in [1.82, 2.24) is 10.2 Å². The van der Waals surface area contributed by atoms with Gasteiger partial charge in [-0.15, -0.1) is 0 Å². The third kappa shape index (κ3) is 3.38. The number of piperidine rings is 1. The van der Waals surface area contributed by atoms with Crippen LogP contribution in [0, 0.1) is 0 Å². The van der Waals surface area contributed by atoms with E-state index in [1.807, 2.05) is 42.2 Å². The maximum atomic E-state index is 12.8. The number of carbonyl (C=O) groups is 1. The molecule has 1 aliphatic heterocycles. The van der Waals surface area contributed by atoms with Gasteiger partial charge in [0.1, 0.15) is 0 Å². The minimum atomic E-state index is -0.494. The molecule has 1 saturated heterocycles. The van der Waals surface area contributed by atoms with Crippen LogP contribution in [0.5, 0.6) is 0 Å². The van der Waals surface area contributed by atoms with Crippen LogP contribution in [0.15, 0.2) is 30.3 Å². The predicted molar refractivity (Wildman–Crippen MR) is 79.5 cm³/mol. The monoisotopic (exact) mass is 276 g/mol. The molecule has 1 aliphatic rings. The Labute approximate surface area is 121 Å². The van der Waals surface area contributed by atoms with Crippen molar-refractivity contribution in [1.29, 1.82) is 0 Å². The van der Waals surface area contributed by atoms with Gasteiger partial charge in [0.15, 0.2) is 6.10 Å². The van der Waals surface area contributed by atoms with Crippen molar-refractivity contribution in [3.63, 3.8) is 0 Å². The molecular formula is C16H24N2O2. The van der Waals surface area contributed by atoms with Crippen LogP contribution >= 0.6 is 0 Å². The van der Waals surface area contributed by atoms with Crippen LogP contribution in [0.2, 0.25) is 0 Å². The Morgan fingerprint density at radius 2 is 2.00 bits per heavy atom. The summed E-state index contributed by atoms with van der Waals surface area (Å²) in [7, 11) is 1.60. The van der Waals surface area contributed by atoms with Gasteiger partial charge >= 0.3 is 0 Å². The predicted octanol–water partition coefficient (Wildman–Crippen LogP) is 1.97. The molecule has 1 amide bonds. The van der Waals surface area contributed by atoms with Gasteiger partial charge in [-0.2, -0.15) is 0 Å². The summed E-state index contributed by atoms with van der Waals surface area (Å²) in [6, 6.07) is 10.1. The van der Waals surface area contributed by atoms with Crippen molar-refractivity contribution < 1.29 is 9.53 Å². The van der Waals surface area contributed by atoms with Gasteiger partial charge in [0.25, 0.3) is 5.91 Å². The van der Waals surface area contributed by atoms with Crippen LogP contribution < -0.4 is 5.32 Å². The van der Waals surface area contributed by atoms with E-state index in [-0.39, 0.29) is 5.91 Å². The van der Waals surface area contributed by atoms with Gasteiger partial charge in [0.2, 0.25) is 0 Å². The summed E-state index contributed by atoms with van der Waals surface area (Å²) in [5.74, 6) is 0.0769. The van der Waals surface area contributed by atoms with E-state index in [2.05, 4.69) is 5.32 Å². The molecule has 4 nitrogen and oxygen atoms in total. The molecule has 1 fully saturated rings. The number of benzene rings is 1. The molecule has 1 unspecified atom stereocenters. The van der Waals surface area contributed by atoms with Crippen molar-refractivity contribution in [3.8, 4) is 0 Å². The molecule has 1 N–H and O–H groups in total. The van der Waals surface area contributed by atoms with Gasteiger partial charge in [0.05, 0.1) is 0 Å². The molecule has 0 spiro atoms. The third-order valence-corrected chi connectivity index (χ3v) is 3.94. The number of hydrogen-bond acceptors (Lipinski definition) is 3. The van der Waals surface area contributed by atoms with Gasteiger partial charge in [-0.1, -0.05) is 30.3 Å². The van der Waals surface area contributed by atoms with E-state index in [0.29, 0.717) is 6.04 Å². The van der Waals surface area contributed by atoms with E-state index in [1.54, 1.807) is 7.11 Å². The van der Waals surface area contributed by atoms with Crippen LogP contribution in [0.25, 0.3) is 0 Å². The van der Waals surface area contributed by atoms with Crippen LogP contribution in [0.3, 0.4) is 0 Å². The fraction of sp³-hybridized carbons (Fsp3) is 0.562. The second-order valence-electron chi connectivity index (χ2n) is 5.13. The second-order valence-corrected chi connectivity index (χ2v) is 5.13. The first kappa shape index (κ1) is 15.0. The molecule has 20 heavy (non-hydrogen) atoms. The molecule has 0 aromatic heterocycles. The number of amides is 1. The molecule has 4 heteroatoms. The van der Waals surface area contributed by atoms with Crippen molar-refractivity contribution in [2.24, 2.45) is 0 Å². The lowest BCUT2D eigenvalue weighted by atomic mass is 10.0. The maximum absolute atomic E-state index is 12.8. The molecular weight excluding hydrogens is 252 g/mol. The number of nitrogens with zero attached hydrogens (tertiary/aromatic N) is 1. The van der Waals surface area contributed by atoms with Crippen molar-refractivity contribution >= 4 is 5.91 Å². The number of ether oxygens (including phenoxy) is 1. The number of nitrogens with one attached hydrogen (secondary N) is 1. The molecule has 0 bridgehead atoms. The topological polar surface area (TPSA) is 41.6 Å². The molecule has 0 radical (unpaired) electrons. The van der Waals surface area contributed by atoms with Crippen LogP contribution in [0.4, 0.5) is 0 Å². The van der Waals surface area contributed by atoms with Crippen molar-refractivity contribution in [3.05, 3.63) is 35.9 Å². The average Bonchev–Trinajstić information content (AvgIpc) is 2.51. The number of rotatable bonds is 5. The van der Waals surface area contributed by atoms with Gasteiger partial charge in [0, 0.05) is 19.7 Å². The van der Waals surface area contributed by atoms with E-state index in [0.717, 1.165) is 38.0 Å². The van der Waals surface area contributed by atoms with Crippen LogP contribution in [0.1, 0.15) is 31.4 Å². The highest BCUT2D eigenvalue weighted by atomic mass is 16.5. The standard InChI is InChI=1S/C16H24N2O2/c1-3-18(14-9-11-17-12-10-14)16(19)15(20-2)13-7-5-4-6-8-13/h4-8,14-15,17H,3,9-12H2,1-2H3. The molecule has 0 saturated carbocycles. The van der Waals surface area contributed by atoms with E-state index in [9.17, 15) is 4.79 Å². The Bertz CT molecular complexity index is 416. The normalized spacial score (nSPS) is 17.7. The minimum Gasteiger partial charge on any atom is -0.367 e. The minimum absolute atomic E-state index is 0.0769. The first-order chi connectivity index (χ1) is 9.77. The summed E-state index contributed by atoms with van der Waals surface area (Å²) in [6.07, 6.45) is 1.54. The Kier molecular flexibility index (Phi) is 5.56. The van der Waals surface area contributed by atoms with Crippen molar-refractivity contribution in [2.75, 3.05) is 26.7 Å². The number of likely N-dealkylation sites (N-methyl/N-ethyl adjacent to an activating group) is 1. The van der Waals surface area contributed by atoms with Gasteiger partial charge in [-0.25, -0.2) is 0 Å². The Balaban J connectivity index is 2.13. The van der Waals surface area contributed by atoms with E-state index >= 15 is 0 Å². The van der Waals surface area contributed by atoms with Gasteiger partial charge < -0.3 is 15.0 Å². The highest BCUT2D eigenvalue weighted by Crippen LogP contribution is 2.22. The molecule has 1 aromatic carbocycles. The average molecular weight is 276 g/mol. The van der Waals surface area contributed by atoms with Crippen molar-refractivity contribution in [2.45, 2.75) is 31.9 Å². The summed E-state index contributed by atoms with van der Waals surface area (Å²) in [6.45, 7) is 4.74. The zero-order valence-electron chi connectivity index (χ0n) is 12.3. The number of hydrogen-bond donors (Lipinski definition) is 1. The molecule has 2 rings (SSSR count). The highest BCUT2D eigenvalue weighted by molar-refractivity contribution is 5.82. The summed E-state index contributed by atoms with van der Waals surface area (Å²) < 4.78 is 5.46. The molecule has 1 heterocycles. The first-order valence-electron chi connectivity index (χ1n) is 7.36. The largest absolute Gasteiger partial charge is 0.367 e. The number of methoxy groups -OCH3 is 1.